The lowest BCUT2D eigenvalue weighted by atomic mass is 9.78. The van der Waals surface area contributed by atoms with Crippen LogP contribution in [-0.4, -0.2) is 35.6 Å². The lowest BCUT2D eigenvalue weighted by molar-refractivity contribution is -0.200. The molecule has 1 rings (SSSR count). The molecule has 0 spiro atoms. The lowest BCUT2D eigenvalue weighted by Gasteiger charge is -2.34. The number of halogens is 3. The van der Waals surface area contributed by atoms with Crippen molar-refractivity contribution in [1.29, 1.82) is 0 Å². The highest BCUT2D eigenvalue weighted by Gasteiger charge is 2.48. The first kappa shape index (κ1) is 15.2. The Kier molecular flexibility index (Phi) is 4.95. The van der Waals surface area contributed by atoms with Gasteiger partial charge in [0, 0.05) is 13.0 Å². The van der Waals surface area contributed by atoms with Crippen molar-refractivity contribution in [3.63, 3.8) is 0 Å². The minimum Gasteiger partial charge on any atom is -0.392 e. The maximum atomic E-state index is 12.9. The van der Waals surface area contributed by atoms with Crippen molar-refractivity contribution in [2.75, 3.05) is 13.6 Å². The Balaban J connectivity index is 2.77. The number of carbonyl (C=O) groups is 1. The zero-order chi connectivity index (χ0) is 13.9. The summed E-state index contributed by atoms with van der Waals surface area (Å²) in [6, 6.07) is 0. The Bertz CT molecular complexity index is 333. The minimum atomic E-state index is -4.31. The Hall–Kier alpha value is -0.850. The number of nitrogens with zero attached hydrogens (tertiary/aromatic N) is 1. The van der Waals surface area contributed by atoms with Gasteiger partial charge in [-0.25, -0.2) is 0 Å². The highest BCUT2D eigenvalue weighted by Crippen LogP contribution is 2.42. The molecule has 0 aromatic heterocycles. The standard InChI is InChI=1S/C11H17F3N2OS/c1-16(6-9(15)18)10(17)7-4-2-3-5-8(7)11(12,13)14/h7-8H,2-6H2,1H3,(H2,15,18). The van der Waals surface area contributed by atoms with E-state index in [9.17, 15) is 18.0 Å². The van der Waals surface area contributed by atoms with Crippen LogP contribution < -0.4 is 5.73 Å². The van der Waals surface area contributed by atoms with E-state index >= 15 is 0 Å². The third kappa shape index (κ3) is 3.83. The van der Waals surface area contributed by atoms with Crippen molar-refractivity contribution in [3.8, 4) is 0 Å². The van der Waals surface area contributed by atoms with Gasteiger partial charge in [-0.3, -0.25) is 4.79 Å². The van der Waals surface area contributed by atoms with Crippen molar-refractivity contribution in [2.24, 2.45) is 17.6 Å². The van der Waals surface area contributed by atoms with Crippen LogP contribution in [-0.2, 0) is 4.79 Å². The molecule has 1 amide bonds. The second kappa shape index (κ2) is 5.86. The summed E-state index contributed by atoms with van der Waals surface area (Å²) < 4.78 is 38.6. The van der Waals surface area contributed by atoms with Crippen molar-refractivity contribution in [2.45, 2.75) is 31.9 Å². The Morgan fingerprint density at radius 2 is 1.94 bits per heavy atom. The van der Waals surface area contributed by atoms with Gasteiger partial charge in [-0.1, -0.05) is 25.1 Å². The number of rotatable bonds is 3. The summed E-state index contributed by atoms with van der Waals surface area (Å²) in [5.74, 6) is -3.03. The van der Waals surface area contributed by atoms with Crippen LogP contribution in [0.25, 0.3) is 0 Å². The predicted molar refractivity (Wildman–Crippen MR) is 65.9 cm³/mol. The first-order valence-corrected chi connectivity index (χ1v) is 6.24. The molecule has 104 valence electrons. The molecule has 1 aliphatic carbocycles. The summed E-state index contributed by atoms with van der Waals surface area (Å²) in [5, 5.41) is 0. The fourth-order valence-electron chi connectivity index (χ4n) is 2.41. The second-order valence-electron chi connectivity index (χ2n) is 4.70. The number of alkyl halides is 3. The van der Waals surface area contributed by atoms with E-state index in [-0.39, 0.29) is 24.4 Å². The van der Waals surface area contributed by atoms with Crippen LogP contribution in [0.1, 0.15) is 25.7 Å². The summed E-state index contributed by atoms with van der Waals surface area (Å²) in [6.07, 6.45) is -2.83. The lowest BCUT2D eigenvalue weighted by Crippen LogP contribution is -2.45. The van der Waals surface area contributed by atoms with E-state index in [1.165, 1.54) is 11.9 Å². The molecule has 0 bridgehead atoms. The van der Waals surface area contributed by atoms with Crippen molar-refractivity contribution in [1.82, 2.24) is 4.90 Å². The van der Waals surface area contributed by atoms with E-state index in [1.807, 2.05) is 0 Å². The third-order valence-electron chi connectivity index (χ3n) is 3.27. The van der Waals surface area contributed by atoms with Gasteiger partial charge in [0.2, 0.25) is 5.91 Å². The molecule has 1 aliphatic rings. The minimum absolute atomic E-state index is 0.0231. The summed E-state index contributed by atoms with van der Waals surface area (Å²) in [7, 11) is 1.43. The number of nitrogens with two attached hydrogens (primary N) is 1. The summed E-state index contributed by atoms with van der Waals surface area (Å²) in [5.41, 5.74) is 5.30. The van der Waals surface area contributed by atoms with Crippen molar-refractivity contribution >= 4 is 23.1 Å². The van der Waals surface area contributed by atoms with Gasteiger partial charge >= 0.3 is 6.18 Å². The molecular weight excluding hydrogens is 265 g/mol. The number of thiocarbonyl (C=S) groups is 1. The highest BCUT2D eigenvalue weighted by molar-refractivity contribution is 7.80. The van der Waals surface area contributed by atoms with Crippen LogP contribution in [0.3, 0.4) is 0 Å². The zero-order valence-electron chi connectivity index (χ0n) is 10.2. The molecular formula is C11H17F3N2OS. The van der Waals surface area contributed by atoms with Gasteiger partial charge in [0.25, 0.3) is 0 Å². The number of hydrogen-bond donors (Lipinski definition) is 1. The molecule has 0 aromatic carbocycles. The highest BCUT2D eigenvalue weighted by atomic mass is 32.1. The number of hydrogen-bond acceptors (Lipinski definition) is 2. The van der Waals surface area contributed by atoms with E-state index in [4.69, 9.17) is 5.73 Å². The molecule has 2 unspecified atom stereocenters. The quantitative estimate of drug-likeness (QED) is 0.806. The summed E-state index contributed by atoms with van der Waals surface area (Å²) in [4.78, 5) is 13.3. The molecule has 1 saturated carbocycles. The first-order chi connectivity index (χ1) is 8.23. The molecule has 0 radical (unpaired) electrons. The Labute approximate surface area is 109 Å². The SMILES string of the molecule is CN(CC(N)=S)C(=O)C1CCCCC1C(F)(F)F. The average Bonchev–Trinajstić information content (AvgIpc) is 2.26. The number of carbonyl (C=O) groups excluding carboxylic acids is 1. The predicted octanol–water partition coefficient (Wildman–Crippen LogP) is 2.10. The fraction of sp³-hybridized carbons (Fsp3) is 0.818. The van der Waals surface area contributed by atoms with E-state index in [2.05, 4.69) is 12.2 Å². The van der Waals surface area contributed by atoms with Crippen LogP contribution in [0.15, 0.2) is 0 Å². The number of amides is 1. The molecule has 2 atom stereocenters. The van der Waals surface area contributed by atoms with Gasteiger partial charge in [-0.05, 0) is 12.8 Å². The molecule has 0 saturated heterocycles. The van der Waals surface area contributed by atoms with E-state index < -0.39 is 23.9 Å². The molecule has 18 heavy (non-hydrogen) atoms. The maximum absolute atomic E-state index is 12.9. The van der Waals surface area contributed by atoms with Gasteiger partial charge in [0.1, 0.15) is 0 Å². The van der Waals surface area contributed by atoms with Gasteiger partial charge in [0.15, 0.2) is 0 Å². The Morgan fingerprint density at radius 1 is 1.39 bits per heavy atom. The molecule has 1 fully saturated rings. The zero-order valence-corrected chi connectivity index (χ0v) is 11.0. The largest absolute Gasteiger partial charge is 0.392 e. The molecule has 0 aromatic rings. The van der Waals surface area contributed by atoms with E-state index in [0.29, 0.717) is 12.8 Å². The normalized spacial score (nSPS) is 24.7. The van der Waals surface area contributed by atoms with Gasteiger partial charge in [-0.15, -0.1) is 0 Å². The smallest absolute Gasteiger partial charge is 0.392 e. The molecule has 7 heteroatoms. The molecule has 3 nitrogen and oxygen atoms in total. The molecule has 2 N–H and O–H groups in total. The van der Waals surface area contributed by atoms with Crippen molar-refractivity contribution < 1.29 is 18.0 Å². The topological polar surface area (TPSA) is 46.3 Å². The van der Waals surface area contributed by atoms with Crippen LogP contribution >= 0.6 is 12.2 Å². The maximum Gasteiger partial charge on any atom is 0.392 e. The van der Waals surface area contributed by atoms with Gasteiger partial charge in [-0.2, -0.15) is 13.2 Å². The monoisotopic (exact) mass is 282 g/mol. The van der Waals surface area contributed by atoms with Crippen molar-refractivity contribution in [3.05, 3.63) is 0 Å². The second-order valence-corrected chi connectivity index (χ2v) is 5.22. The van der Waals surface area contributed by atoms with Gasteiger partial charge in [0.05, 0.1) is 17.5 Å². The fourth-order valence-corrected chi connectivity index (χ4v) is 2.61. The molecule has 0 heterocycles. The van der Waals surface area contributed by atoms with Crippen LogP contribution in [0.2, 0.25) is 0 Å². The van der Waals surface area contributed by atoms with Crippen LogP contribution in [0.5, 0.6) is 0 Å². The summed E-state index contributed by atoms with van der Waals surface area (Å²) >= 11 is 4.66. The number of likely N-dealkylation sites (N-methyl/N-ethyl adjacent to an activating group) is 1. The summed E-state index contributed by atoms with van der Waals surface area (Å²) in [6.45, 7) is 0.0231. The average molecular weight is 282 g/mol. The van der Waals surface area contributed by atoms with E-state index in [1.54, 1.807) is 0 Å². The van der Waals surface area contributed by atoms with E-state index in [0.717, 1.165) is 0 Å². The first-order valence-electron chi connectivity index (χ1n) is 5.83. The third-order valence-corrected chi connectivity index (χ3v) is 3.40. The van der Waals surface area contributed by atoms with Gasteiger partial charge < -0.3 is 10.6 Å². The van der Waals surface area contributed by atoms with Crippen LogP contribution in [0, 0.1) is 11.8 Å². The molecule has 0 aliphatic heterocycles. The van der Waals surface area contributed by atoms with Crippen LogP contribution in [0.4, 0.5) is 13.2 Å². The Morgan fingerprint density at radius 3 is 2.44 bits per heavy atom.